The molecule has 0 amide bonds. The first kappa shape index (κ1) is 34.0. The molecule has 0 radical (unpaired) electrons. The Bertz CT molecular complexity index is 1330. The van der Waals surface area contributed by atoms with Gasteiger partial charge < -0.3 is 10.1 Å². The van der Waals surface area contributed by atoms with Crippen LogP contribution >= 0.6 is 0 Å². The molecule has 1 N–H and O–H groups in total. The second-order valence-electron chi connectivity index (χ2n) is 11.6. The third-order valence-electron chi connectivity index (χ3n) is 7.20. The molecule has 3 nitrogen and oxygen atoms in total. The number of alkyl halides is 6. The highest BCUT2D eigenvalue weighted by Gasteiger charge is 2.31. The Morgan fingerprint density at radius 2 is 1.28 bits per heavy atom. The lowest BCUT2D eigenvalue weighted by Crippen LogP contribution is -2.19. The molecular weight excluding hydrogens is 568 g/mol. The van der Waals surface area contributed by atoms with Crippen molar-refractivity contribution in [3.63, 3.8) is 0 Å². The first-order valence-electron chi connectivity index (χ1n) is 14.5. The van der Waals surface area contributed by atoms with Gasteiger partial charge in [-0.2, -0.15) is 26.3 Å². The van der Waals surface area contributed by atoms with Crippen LogP contribution in [0.4, 0.5) is 32.0 Å². The standard InChI is InChI=1S/C34H39F6NO2/c1-6-43-32(42)30(17-22(4)5)26-18-25(23-8-12-27(13-9-23)33(35,36)37)19-29(20-26)41-31(16-7-21(2)3)24-10-14-28(15-11-24)34(38,39)40/h8-15,18-22,30-31,41H,6-7,16-17H2,1-5H3. The second-order valence-corrected chi connectivity index (χ2v) is 11.6. The van der Waals surface area contributed by atoms with Gasteiger partial charge >= 0.3 is 18.3 Å². The Balaban J connectivity index is 2.12. The van der Waals surface area contributed by atoms with Crippen molar-refractivity contribution in [3.8, 4) is 11.1 Å². The van der Waals surface area contributed by atoms with E-state index in [1.807, 2.05) is 19.9 Å². The molecule has 0 saturated heterocycles. The molecule has 234 valence electrons. The molecule has 3 aromatic rings. The van der Waals surface area contributed by atoms with Crippen LogP contribution < -0.4 is 5.32 Å². The minimum atomic E-state index is -4.48. The van der Waals surface area contributed by atoms with E-state index >= 15 is 0 Å². The third-order valence-corrected chi connectivity index (χ3v) is 7.20. The number of carbonyl (C=O) groups is 1. The number of hydrogen-bond donors (Lipinski definition) is 1. The molecule has 0 aliphatic rings. The maximum Gasteiger partial charge on any atom is 0.416 e. The van der Waals surface area contributed by atoms with Crippen molar-refractivity contribution >= 4 is 11.7 Å². The fourth-order valence-electron chi connectivity index (χ4n) is 4.96. The van der Waals surface area contributed by atoms with Crippen LogP contribution in [0.25, 0.3) is 11.1 Å². The van der Waals surface area contributed by atoms with E-state index < -0.39 is 35.4 Å². The van der Waals surface area contributed by atoms with Gasteiger partial charge in [0.1, 0.15) is 0 Å². The minimum absolute atomic E-state index is 0.145. The highest BCUT2D eigenvalue weighted by atomic mass is 19.4. The predicted molar refractivity (Wildman–Crippen MR) is 158 cm³/mol. The summed E-state index contributed by atoms with van der Waals surface area (Å²) in [5.41, 5.74) is 1.52. The smallest absolute Gasteiger partial charge is 0.416 e. The van der Waals surface area contributed by atoms with Gasteiger partial charge in [-0.3, -0.25) is 4.79 Å². The molecule has 0 saturated carbocycles. The molecule has 2 atom stereocenters. The summed E-state index contributed by atoms with van der Waals surface area (Å²) in [6, 6.07) is 14.9. The number of halogens is 6. The molecule has 3 aromatic carbocycles. The Kier molecular flexibility index (Phi) is 11.3. The number of benzene rings is 3. The van der Waals surface area contributed by atoms with Crippen molar-refractivity contribution in [3.05, 3.63) is 89.0 Å². The number of anilines is 1. The molecule has 9 heteroatoms. The molecule has 0 aliphatic carbocycles. The van der Waals surface area contributed by atoms with Crippen molar-refractivity contribution in [2.24, 2.45) is 11.8 Å². The van der Waals surface area contributed by atoms with Crippen LogP contribution in [-0.2, 0) is 21.9 Å². The molecule has 0 heterocycles. The SMILES string of the molecule is CCOC(=O)C(CC(C)C)c1cc(NC(CCC(C)C)c2ccc(C(F)(F)F)cc2)cc(-c2ccc(C(F)(F)F)cc2)c1. The van der Waals surface area contributed by atoms with Crippen molar-refractivity contribution in [2.45, 2.75) is 78.2 Å². The van der Waals surface area contributed by atoms with Crippen molar-refractivity contribution in [1.82, 2.24) is 0 Å². The zero-order valence-electron chi connectivity index (χ0n) is 25.1. The van der Waals surface area contributed by atoms with E-state index in [0.717, 1.165) is 30.7 Å². The van der Waals surface area contributed by atoms with Crippen molar-refractivity contribution < 1.29 is 35.9 Å². The van der Waals surface area contributed by atoms with Gasteiger partial charge in [-0.05, 0) is 96.7 Å². The predicted octanol–water partition coefficient (Wildman–Crippen LogP) is 10.7. The van der Waals surface area contributed by atoms with Crippen LogP contribution in [0.5, 0.6) is 0 Å². The van der Waals surface area contributed by atoms with Gasteiger partial charge in [-0.15, -0.1) is 0 Å². The average Bonchev–Trinajstić information content (AvgIpc) is 2.93. The fraction of sp³-hybridized carbons (Fsp3) is 0.441. The number of carbonyl (C=O) groups excluding carboxylic acids is 1. The summed E-state index contributed by atoms with van der Waals surface area (Å²) >= 11 is 0. The van der Waals surface area contributed by atoms with Crippen LogP contribution in [0.2, 0.25) is 0 Å². The summed E-state index contributed by atoms with van der Waals surface area (Å²) in [7, 11) is 0. The lowest BCUT2D eigenvalue weighted by molar-refractivity contribution is -0.145. The summed E-state index contributed by atoms with van der Waals surface area (Å²) in [4.78, 5) is 13.1. The highest BCUT2D eigenvalue weighted by molar-refractivity contribution is 5.80. The third kappa shape index (κ3) is 9.76. The van der Waals surface area contributed by atoms with Crippen LogP contribution in [-0.4, -0.2) is 12.6 Å². The van der Waals surface area contributed by atoms with Crippen LogP contribution in [0, 0.1) is 11.8 Å². The maximum absolute atomic E-state index is 13.2. The Labute approximate surface area is 249 Å². The maximum atomic E-state index is 13.2. The van der Waals surface area contributed by atoms with Gasteiger partial charge in [0.15, 0.2) is 0 Å². The summed E-state index contributed by atoms with van der Waals surface area (Å²) < 4.78 is 84.8. The molecule has 0 bridgehead atoms. The van der Waals surface area contributed by atoms with Gasteiger partial charge in [-0.1, -0.05) is 58.0 Å². The Morgan fingerprint density at radius 1 is 0.721 bits per heavy atom. The molecule has 0 spiro atoms. The molecule has 0 fully saturated rings. The second kappa shape index (κ2) is 14.3. The van der Waals surface area contributed by atoms with Crippen molar-refractivity contribution in [2.75, 3.05) is 11.9 Å². The normalized spacial score (nSPS) is 13.7. The lowest BCUT2D eigenvalue weighted by Gasteiger charge is -2.25. The quantitative estimate of drug-likeness (QED) is 0.164. The van der Waals surface area contributed by atoms with Crippen LogP contribution in [0.3, 0.4) is 0 Å². The summed E-state index contributed by atoms with van der Waals surface area (Å²) in [5.74, 6) is -0.528. The molecule has 0 aromatic heterocycles. The number of ether oxygens (including phenoxy) is 1. The lowest BCUT2D eigenvalue weighted by atomic mass is 9.87. The summed E-state index contributed by atoms with van der Waals surface area (Å²) in [6.07, 6.45) is -7.03. The zero-order valence-corrected chi connectivity index (χ0v) is 25.1. The van der Waals surface area contributed by atoms with E-state index in [1.54, 1.807) is 19.1 Å². The van der Waals surface area contributed by atoms with Gasteiger partial charge in [0, 0.05) is 5.69 Å². The van der Waals surface area contributed by atoms with Gasteiger partial charge in [0.05, 0.1) is 29.7 Å². The molecule has 43 heavy (non-hydrogen) atoms. The fourth-order valence-corrected chi connectivity index (χ4v) is 4.96. The van der Waals surface area contributed by atoms with E-state index in [-0.39, 0.29) is 18.6 Å². The molecular formula is C34H39F6NO2. The van der Waals surface area contributed by atoms with Crippen LogP contribution in [0.1, 0.15) is 88.1 Å². The molecule has 0 aliphatic heterocycles. The average molecular weight is 608 g/mol. The van der Waals surface area contributed by atoms with E-state index in [0.29, 0.717) is 46.7 Å². The van der Waals surface area contributed by atoms with E-state index in [4.69, 9.17) is 4.74 Å². The number of esters is 1. The summed E-state index contributed by atoms with van der Waals surface area (Å²) in [5, 5.41) is 3.46. The van der Waals surface area contributed by atoms with E-state index in [9.17, 15) is 31.1 Å². The number of rotatable bonds is 12. The van der Waals surface area contributed by atoms with Gasteiger partial charge in [-0.25, -0.2) is 0 Å². The topological polar surface area (TPSA) is 38.3 Å². The molecule has 3 rings (SSSR count). The van der Waals surface area contributed by atoms with Crippen molar-refractivity contribution in [1.29, 1.82) is 0 Å². The Hall–Kier alpha value is -3.49. The zero-order chi connectivity index (χ0) is 31.9. The number of nitrogens with one attached hydrogen (secondary N) is 1. The largest absolute Gasteiger partial charge is 0.466 e. The highest BCUT2D eigenvalue weighted by Crippen LogP contribution is 2.37. The number of hydrogen-bond acceptors (Lipinski definition) is 3. The van der Waals surface area contributed by atoms with Gasteiger partial charge in [0.25, 0.3) is 0 Å². The van der Waals surface area contributed by atoms with Crippen LogP contribution in [0.15, 0.2) is 66.7 Å². The van der Waals surface area contributed by atoms with Gasteiger partial charge in [0.2, 0.25) is 0 Å². The summed E-state index contributed by atoms with van der Waals surface area (Å²) in [6.45, 7) is 10.0. The van der Waals surface area contributed by atoms with E-state index in [2.05, 4.69) is 19.2 Å². The first-order valence-corrected chi connectivity index (χ1v) is 14.5. The first-order chi connectivity index (χ1) is 20.1. The van der Waals surface area contributed by atoms with E-state index in [1.165, 1.54) is 24.3 Å². The molecule has 2 unspecified atom stereocenters. The Morgan fingerprint density at radius 3 is 1.77 bits per heavy atom. The monoisotopic (exact) mass is 607 g/mol. The minimum Gasteiger partial charge on any atom is -0.466 e.